The Hall–Kier alpha value is -2.49. The minimum atomic E-state index is -1.13. The zero-order valence-corrected chi connectivity index (χ0v) is 9.64. The molecule has 3 rings (SSSR count). The van der Waals surface area contributed by atoms with Gasteiger partial charge in [0, 0.05) is 0 Å². The number of hydrogen-bond donors (Lipinski definition) is 1. The summed E-state index contributed by atoms with van der Waals surface area (Å²) in [6, 6.07) is 11.5. The van der Waals surface area contributed by atoms with Gasteiger partial charge in [0.2, 0.25) is 0 Å². The Morgan fingerprint density at radius 1 is 1.22 bits per heavy atom. The fourth-order valence-corrected chi connectivity index (χ4v) is 2.10. The van der Waals surface area contributed by atoms with Crippen molar-refractivity contribution in [3.05, 3.63) is 42.2 Å². The Balaban J connectivity index is 2.43. The zero-order chi connectivity index (χ0) is 12.7. The molecular weight excluding hydrogens is 232 g/mol. The van der Waals surface area contributed by atoms with Crippen LogP contribution in [0.25, 0.3) is 21.7 Å². The van der Waals surface area contributed by atoms with Crippen LogP contribution in [0.15, 0.2) is 40.8 Å². The van der Waals surface area contributed by atoms with E-state index in [4.69, 9.17) is 14.3 Å². The number of ether oxygens (including phenoxy) is 1. The van der Waals surface area contributed by atoms with Crippen LogP contribution in [0.5, 0.6) is 5.75 Å². The molecule has 0 aliphatic rings. The first kappa shape index (κ1) is 10.7. The van der Waals surface area contributed by atoms with Gasteiger partial charge in [-0.1, -0.05) is 24.3 Å². The highest BCUT2D eigenvalue weighted by atomic mass is 16.5. The van der Waals surface area contributed by atoms with Crippen LogP contribution in [0.2, 0.25) is 0 Å². The largest absolute Gasteiger partial charge is 0.492 e. The van der Waals surface area contributed by atoms with E-state index in [1.807, 2.05) is 36.4 Å². The predicted octanol–water partition coefficient (Wildman–Crippen LogP) is 3.29. The summed E-state index contributed by atoms with van der Waals surface area (Å²) >= 11 is 0. The van der Waals surface area contributed by atoms with Crippen LogP contribution in [0.4, 0.5) is 0 Å². The van der Waals surface area contributed by atoms with Gasteiger partial charge in [0.05, 0.1) is 12.5 Å². The lowest BCUT2D eigenvalue weighted by atomic mass is 10.1. The van der Waals surface area contributed by atoms with E-state index in [2.05, 4.69) is 0 Å². The van der Waals surface area contributed by atoms with Crippen LogP contribution in [0, 0.1) is 0 Å². The number of carboxylic acids is 1. The molecule has 1 N–H and O–H groups in total. The molecule has 0 fully saturated rings. The van der Waals surface area contributed by atoms with Gasteiger partial charge in [-0.15, -0.1) is 0 Å². The van der Waals surface area contributed by atoms with E-state index in [0.29, 0.717) is 11.0 Å². The Bertz CT molecular complexity index is 755. The van der Waals surface area contributed by atoms with Crippen molar-refractivity contribution < 1.29 is 19.1 Å². The number of methoxy groups -OCH3 is 1. The van der Waals surface area contributed by atoms with Crippen LogP contribution in [0.3, 0.4) is 0 Å². The second-order valence-corrected chi connectivity index (χ2v) is 3.97. The molecule has 3 aromatic rings. The molecule has 1 heterocycles. The first-order chi connectivity index (χ1) is 8.70. The van der Waals surface area contributed by atoms with Gasteiger partial charge >= 0.3 is 5.97 Å². The van der Waals surface area contributed by atoms with Gasteiger partial charge in [-0.25, -0.2) is 4.79 Å². The molecule has 0 spiro atoms. The molecule has 0 unspecified atom stereocenters. The number of furan rings is 1. The monoisotopic (exact) mass is 242 g/mol. The molecule has 0 aliphatic carbocycles. The van der Waals surface area contributed by atoms with Crippen LogP contribution in [-0.2, 0) is 0 Å². The van der Waals surface area contributed by atoms with E-state index in [1.165, 1.54) is 7.11 Å². The molecule has 0 radical (unpaired) electrons. The van der Waals surface area contributed by atoms with Crippen molar-refractivity contribution in [1.82, 2.24) is 0 Å². The van der Waals surface area contributed by atoms with E-state index < -0.39 is 5.97 Å². The molecule has 4 nitrogen and oxygen atoms in total. The third-order valence-corrected chi connectivity index (χ3v) is 2.91. The average Bonchev–Trinajstić information content (AvgIpc) is 2.73. The van der Waals surface area contributed by atoms with Gasteiger partial charge in [-0.05, 0) is 22.9 Å². The van der Waals surface area contributed by atoms with Crippen LogP contribution >= 0.6 is 0 Å². The standard InChI is InChI=1S/C14H10O4/c1-17-12-10-6-8-4-2-3-5-9(8)7-11(10)18-13(12)14(15)16/h2-7H,1H3,(H,15,16). The molecule has 0 saturated heterocycles. The molecule has 0 amide bonds. The molecule has 0 saturated carbocycles. The summed E-state index contributed by atoms with van der Waals surface area (Å²) in [5.41, 5.74) is 0.517. The Morgan fingerprint density at radius 2 is 1.89 bits per heavy atom. The van der Waals surface area contributed by atoms with E-state index in [-0.39, 0.29) is 11.5 Å². The summed E-state index contributed by atoms with van der Waals surface area (Å²) in [6.45, 7) is 0. The quantitative estimate of drug-likeness (QED) is 0.749. The van der Waals surface area contributed by atoms with Gasteiger partial charge in [-0.2, -0.15) is 0 Å². The first-order valence-corrected chi connectivity index (χ1v) is 5.43. The van der Waals surface area contributed by atoms with Crippen molar-refractivity contribution in [2.24, 2.45) is 0 Å². The third kappa shape index (κ3) is 1.43. The number of rotatable bonds is 2. The second kappa shape index (κ2) is 3.77. The van der Waals surface area contributed by atoms with Gasteiger partial charge in [-0.3, -0.25) is 0 Å². The lowest BCUT2D eigenvalue weighted by Crippen LogP contribution is -1.96. The molecular formula is C14H10O4. The van der Waals surface area contributed by atoms with Gasteiger partial charge < -0.3 is 14.3 Å². The smallest absolute Gasteiger partial charge is 0.375 e. The average molecular weight is 242 g/mol. The topological polar surface area (TPSA) is 59.7 Å². The SMILES string of the molecule is COc1c(C(=O)O)oc2cc3ccccc3cc12. The van der Waals surface area contributed by atoms with Crippen LogP contribution in [-0.4, -0.2) is 18.2 Å². The van der Waals surface area contributed by atoms with Gasteiger partial charge in [0.15, 0.2) is 5.75 Å². The molecule has 0 atom stereocenters. The summed E-state index contributed by atoms with van der Waals surface area (Å²) in [5.74, 6) is -1.03. The highest BCUT2D eigenvalue weighted by Crippen LogP contribution is 2.35. The maximum Gasteiger partial charge on any atom is 0.375 e. The molecule has 1 aromatic heterocycles. The van der Waals surface area contributed by atoms with Crippen molar-refractivity contribution in [2.45, 2.75) is 0 Å². The van der Waals surface area contributed by atoms with Crippen molar-refractivity contribution in [1.29, 1.82) is 0 Å². The van der Waals surface area contributed by atoms with Crippen LogP contribution < -0.4 is 4.74 Å². The van der Waals surface area contributed by atoms with Crippen molar-refractivity contribution in [3.63, 3.8) is 0 Å². The van der Waals surface area contributed by atoms with Crippen molar-refractivity contribution >= 4 is 27.7 Å². The molecule has 2 aromatic carbocycles. The minimum Gasteiger partial charge on any atom is -0.492 e. The Labute approximate surface area is 102 Å². The summed E-state index contributed by atoms with van der Waals surface area (Å²) in [7, 11) is 1.44. The maximum atomic E-state index is 11.1. The zero-order valence-electron chi connectivity index (χ0n) is 9.64. The number of hydrogen-bond acceptors (Lipinski definition) is 3. The lowest BCUT2D eigenvalue weighted by molar-refractivity contribution is 0.0660. The molecule has 0 aliphatic heterocycles. The Morgan fingerprint density at radius 3 is 2.50 bits per heavy atom. The molecule has 18 heavy (non-hydrogen) atoms. The summed E-state index contributed by atoms with van der Waals surface area (Å²) in [6.07, 6.45) is 0. The molecule has 90 valence electrons. The third-order valence-electron chi connectivity index (χ3n) is 2.91. The highest BCUT2D eigenvalue weighted by Gasteiger charge is 2.21. The normalized spacial score (nSPS) is 10.9. The molecule has 4 heteroatoms. The fraction of sp³-hybridized carbons (Fsp3) is 0.0714. The number of fused-ring (bicyclic) bond motifs is 2. The maximum absolute atomic E-state index is 11.1. The number of benzene rings is 2. The fourth-order valence-electron chi connectivity index (χ4n) is 2.10. The van der Waals surface area contributed by atoms with E-state index in [9.17, 15) is 4.79 Å². The van der Waals surface area contributed by atoms with E-state index in [0.717, 1.165) is 10.8 Å². The predicted molar refractivity (Wildman–Crippen MR) is 67.2 cm³/mol. The van der Waals surface area contributed by atoms with Crippen molar-refractivity contribution in [3.8, 4) is 5.75 Å². The van der Waals surface area contributed by atoms with E-state index >= 15 is 0 Å². The van der Waals surface area contributed by atoms with Gasteiger partial charge in [0.1, 0.15) is 5.58 Å². The van der Waals surface area contributed by atoms with Crippen LogP contribution in [0.1, 0.15) is 10.6 Å². The highest BCUT2D eigenvalue weighted by molar-refractivity contribution is 6.03. The van der Waals surface area contributed by atoms with E-state index in [1.54, 1.807) is 0 Å². The minimum absolute atomic E-state index is 0.164. The number of carboxylic acid groups (broad SMARTS) is 1. The lowest BCUT2D eigenvalue weighted by Gasteiger charge is -1.99. The molecule has 0 bridgehead atoms. The van der Waals surface area contributed by atoms with Crippen molar-refractivity contribution in [2.75, 3.05) is 7.11 Å². The second-order valence-electron chi connectivity index (χ2n) is 3.97. The summed E-state index contributed by atoms with van der Waals surface area (Å²) in [5, 5.41) is 11.7. The number of carbonyl (C=O) groups is 1. The first-order valence-electron chi connectivity index (χ1n) is 5.43. The number of aromatic carboxylic acids is 1. The summed E-state index contributed by atoms with van der Waals surface area (Å²) in [4.78, 5) is 11.1. The van der Waals surface area contributed by atoms with Gasteiger partial charge in [0.25, 0.3) is 5.76 Å². The Kier molecular flexibility index (Phi) is 2.23. The summed E-state index contributed by atoms with van der Waals surface area (Å²) < 4.78 is 10.5.